The van der Waals surface area contributed by atoms with Gasteiger partial charge in [0.1, 0.15) is 18.1 Å². The second kappa shape index (κ2) is 5.37. The molecule has 2 aromatic carbocycles. The fourth-order valence-corrected chi connectivity index (χ4v) is 1.55. The molecular weight excluding hydrogens is 216 g/mol. The molecule has 88 valence electrons. The molecule has 0 unspecified atom stereocenters. The third-order valence-corrected chi connectivity index (χ3v) is 2.40. The van der Waals surface area contributed by atoms with Gasteiger partial charge in [0.25, 0.3) is 0 Å². The van der Waals surface area contributed by atoms with Crippen molar-refractivity contribution in [3.05, 3.63) is 59.7 Å². The molecule has 0 aliphatic carbocycles. The summed E-state index contributed by atoms with van der Waals surface area (Å²) in [6.45, 7) is 0.395. The quantitative estimate of drug-likeness (QED) is 0.848. The summed E-state index contributed by atoms with van der Waals surface area (Å²) in [5.74, 6) is 0.940. The maximum Gasteiger partial charge on any atom is 0.120 e. The van der Waals surface area contributed by atoms with E-state index in [-0.39, 0.29) is 12.4 Å². The molecule has 0 fully saturated rings. The minimum absolute atomic E-state index is 0.00330. The number of aliphatic hydroxyl groups is 1. The average molecular weight is 230 g/mol. The van der Waals surface area contributed by atoms with Gasteiger partial charge in [0.2, 0.25) is 0 Å². The van der Waals surface area contributed by atoms with E-state index in [1.165, 1.54) is 0 Å². The molecular formula is C14H14O3. The maximum absolute atomic E-state index is 9.30. The lowest BCUT2D eigenvalue weighted by Gasteiger charge is -2.07. The van der Waals surface area contributed by atoms with Crippen LogP contribution in [0.3, 0.4) is 0 Å². The fraction of sp³-hybridized carbons (Fsp3) is 0.143. The summed E-state index contributed by atoms with van der Waals surface area (Å²) in [5.41, 5.74) is 1.72. The van der Waals surface area contributed by atoms with E-state index in [1.807, 2.05) is 24.3 Å². The molecule has 3 nitrogen and oxygen atoms in total. The number of aliphatic hydroxyl groups excluding tert-OH is 1. The van der Waals surface area contributed by atoms with Gasteiger partial charge in [0.15, 0.2) is 0 Å². The van der Waals surface area contributed by atoms with Gasteiger partial charge in [0, 0.05) is 0 Å². The van der Waals surface area contributed by atoms with Gasteiger partial charge in [-0.3, -0.25) is 0 Å². The van der Waals surface area contributed by atoms with Crippen molar-refractivity contribution in [2.24, 2.45) is 0 Å². The first kappa shape index (κ1) is 11.5. The Balaban J connectivity index is 2.02. The Morgan fingerprint density at radius 2 is 1.71 bits per heavy atom. The Bertz CT molecular complexity index is 494. The molecule has 2 aromatic rings. The van der Waals surface area contributed by atoms with Gasteiger partial charge in [-0.05, 0) is 35.4 Å². The minimum atomic E-state index is 0.00330. The van der Waals surface area contributed by atoms with Gasteiger partial charge in [-0.15, -0.1) is 0 Å². The summed E-state index contributed by atoms with van der Waals surface area (Å²) in [5, 5.41) is 18.3. The Morgan fingerprint density at radius 1 is 0.941 bits per heavy atom. The van der Waals surface area contributed by atoms with Gasteiger partial charge in [0.05, 0.1) is 6.61 Å². The number of hydrogen-bond acceptors (Lipinski definition) is 3. The first-order valence-electron chi connectivity index (χ1n) is 5.38. The molecule has 3 heteroatoms. The summed E-state index contributed by atoms with van der Waals surface area (Å²) in [6.07, 6.45) is 0. The Hall–Kier alpha value is -2.00. The molecule has 0 bridgehead atoms. The highest BCUT2D eigenvalue weighted by Gasteiger charge is 1.98. The smallest absolute Gasteiger partial charge is 0.120 e. The topological polar surface area (TPSA) is 49.7 Å². The number of phenolic OH excluding ortho intramolecular Hbond substituents is 1. The zero-order valence-corrected chi connectivity index (χ0v) is 9.34. The van der Waals surface area contributed by atoms with E-state index in [1.54, 1.807) is 24.3 Å². The van der Waals surface area contributed by atoms with Crippen LogP contribution >= 0.6 is 0 Å². The number of benzene rings is 2. The Kier molecular flexibility index (Phi) is 3.62. The van der Waals surface area contributed by atoms with Gasteiger partial charge >= 0.3 is 0 Å². The van der Waals surface area contributed by atoms with Crippen LogP contribution in [0.5, 0.6) is 11.5 Å². The zero-order chi connectivity index (χ0) is 12.1. The molecule has 2 rings (SSSR count). The SMILES string of the molecule is OCc1cccc(OCc2cccc(O)c2)c1. The van der Waals surface area contributed by atoms with E-state index in [0.717, 1.165) is 11.1 Å². The molecule has 0 saturated heterocycles. The van der Waals surface area contributed by atoms with E-state index in [9.17, 15) is 5.11 Å². The van der Waals surface area contributed by atoms with Crippen LogP contribution in [0, 0.1) is 0 Å². The summed E-state index contributed by atoms with van der Waals surface area (Å²) < 4.78 is 5.57. The molecule has 0 aromatic heterocycles. The molecule has 17 heavy (non-hydrogen) atoms. The van der Waals surface area contributed by atoms with Crippen LogP contribution in [-0.2, 0) is 13.2 Å². The lowest BCUT2D eigenvalue weighted by Crippen LogP contribution is -1.95. The highest BCUT2D eigenvalue weighted by atomic mass is 16.5. The summed E-state index contributed by atoms with van der Waals surface area (Å²) in [4.78, 5) is 0. The van der Waals surface area contributed by atoms with Gasteiger partial charge < -0.3 is 14.9 Å². The third-order valence-electron chi connectivity index (χ3n) is 2.40. The first-order valence-corrected chi connectivity index (χ1v) is 5.38. The number of hydrogen-bond donors (Lipinski definition) is 2. The van der Waals surface area contributed by atoms with Gasteiger partial charge in [-0.25, -0.2) is 0 Å². The van der Waals surface area contributed by atoms with Gasteiger partial charge in [-0.2, -0.15) is 0 Å². The van der Waals surface area contributed by atoms with E-state index >= 15 is 0 Å². The minimum Gasteiger partial charge on any atom is -0.508 e. The van der Waals surface area contributed by atoms with Crippen LogP contribution in [0.4, 0.5) is 0 Å². The van der Waals surface area contributed by atoms with E-state index in [2.05, 4.69) is 0 Å². The van der Waals surface area contributed by atoms with E-state index in [0.29, 0.717) is 12.4 Å². The molecule has 0 heterocycles. The Labute approximate surface area is 99.9 Å². The molecule has 2 N–H and O–H groups in total. The zero-order valence-electron chi connectivity index (χ0n) is 9.34. The lowest BCUT2D eigenvalue weighted by atomic mass is 10.2. The molecule has 0 spiro atoms. The Morgan fingerprint density at radius 3 is 2.47 bits per heavy atom. The fourth-order valence-electron chi connectivity index (χ4n) is 1.55. The van der Waals surface area contributed by atoms with Crippen LogP contribution in [0.15, 0.2) is 48.5 Å². The van der Waals surface area contributed by atoms with Crippen LogP contribution in [0.2, 0.25) is 0 Å². The van der Waals surface area contributed by atoms with Crippen molar-refractivity contribution in [2.75, 3.05) is 0 Å². The molecule has 0 saturated carbocycles. The van der Waals surface area contributed by atoms with Crippen molar-refractivity contribution in [1.82, 2.24) is 0 Å². The van der Waals surface area contributed by atoms with Crippen LogP contribution in [-0.4, -0.2) is 10.2 Å². The van der Waals surface area contributed by atoms with Crippen molar-refractivity contribution in [3.8, 4) is 11.5 Å². The van der Waals surface area contributed by atoms with Crippen molar-refractivity contribution < 1.29 is 14.9 Å². The maximum atomic E-state index is 9.30. The standard InChI is InChI=1S/C14H14O3/c15-9-11-3-2-6-14(8-11)17-10-12-4-1-5-13(16)7-12/h1-8,15-16H,9-10H2. The van der Waals surface area contributed by atoms with Crippen molar-refractivity contribution in [3.63, 3.8) is 0 Å². The average Bonchev–Trinajstić information content (AvgIpc) is 2.37. The predicted octanol–water partition coefficient (Wildman–Crippen LogP) is 2.46. The van der Waals surface area contributed by atoms with Crippen molar-refractivity contribution >= 4 is 0 Å². The normalized spacial score (nSPS) is 10.2. The second-order valence-electron chi connectivity index (χ2n) is 3.76. The number of rotatable bonds is 4. The second-order valence-corrected chi connectivity index (χ2v) is 3.76. The lowest BCUT2D eigenvalue weighted by molar-refractivity contribution is 0.278. The molecule has 0 radical (unpaired) electrons. The molecule has 0 atom stereocenters. The van der Waals surface area contributed by atoms with E-state index < -0.39 is 0 Å². The molecule has 0 amide bonds. The largest absolute Gasteiger partial charge is 0.508 e. The van der Waals surface area contributed by atoms with Crippen LogP contribution < -0.4 is 4.74 Å². The van der Waals surface area contributed by atoms with Crippen molar-refractivity contribution in [2.45, 2.75) is 13.2 Å². The highest BCUT2D eigenvalue weighted by Crippen LogP contribution is 2.17. The molecule has 0 aliphatic rings. The summed E-state index contributed by atoms with van der Waals surface area (Å²) >= 11 is 0. The number of aromatic hydroxyl groups is 1. The number of phenols is 1. The number of ether oxygens (including phenoxy) is 1. The summed E-state index contributed by atoms with van der Waals surface area (Å²) in [6, 6.07) is 14.2. The highest BCUT2D eigenvalue weighted by molar-refractivity contribution is 5.30. The first-order chi connectivity index (χ1) is 8.28. The summed E-state index contributed by atoms with van der Waals surface area (Å²) in [7, 11) is 0. The van der Waals surface area contributed by atoms with E-state index in [4.69, 9.17) is 9.84 Å². The van der Waals surface area contributed by atoms with Gasteiger partial charge in [-0.1, -0.05) is 24.3 Å². The molecule has 0 aliphatic heterocycles. The van der Waals surface area contributed by atoms with Crippen molar-refractivity contribution in [1.29, 1.82) is 0 Å². The predicted molar refractivity (Wildman–Crippen MR) is 64.8 cm³/mol. The van der Waals surface area contributed by atoms with Crippen LogP contribution in [0.1, 0.15) is 11.1 Å². The monoisotopic (exact) mass is 230 g/mol. The van der Waals surface area contributed by atoms with Crippen LogP contribution in [0.25, 0.3) is 0 Å². The third kappa shape index (κ3) is 3.23.